The van der Waals surface area contributed by atoms with Crippen LogP contribution in [0.4, 0.5) is 0 Å². The molecule has 5 aromatic rings. The van der Waals surface area contributed by atoms with Crippen LogP contribution in [-0.2, 0) is 0 Å². The molecule has 3 heteroatoms. The van der Waals surface area contributed by atoms with Crippen LogP contribution in [0.3, 0.4) is 0 Å². The molecule has 4 aromatic carbocycles. The molecule has 0 unspecified atom stereocenters. The number of aromatic nitrogens is 1. The summed E-state index contributed by atoms with van der Waals surface area (Å²) in [5.74, 6) is 0. The molecule has 0 aliphatic carbocycles. The third kappa shape index (κ3) is 2.87. The minimum atomic E-state index is 0.648. The molecule has 0 spiro atoms. The normalized spacial score (nSPS) is 10.9. The Morgan fingerprint density at radius 3 is 2.33 bits per heavy atom. The third-order valence-corrected chi connectivity index (χ3v) is 5.77. The Balaban J connectivity index is 1.68. The second-order valence-electron chi connectivity index (χ2n) is 6.46. The van der Waals surface area contributed by atoms with Crippen LogP contribution in [0.2, 0.25) is 0 Å². The van der Waals surface area contributed by atoms with Crippen molar-refractivity contribution in [1.29, 1.82) is 5.26 Å². The maximum absolute atomic E-state index is 9.52. The Morgan fingerprint density at radius 2 is 1.48 bits per heavy atom. The molecule has 0 N–H and O–H groups in total. The summed E-state index contributed by atoms with van der Waals surface area (Å²) in [4.78, 5) is 4.75. The lowest BCUT2D eigenvalue weighted by Gasteiger charge is -2.07. The second kappa shape index (κ2) is 6.35. The molecule has 0 fully saturated rings. The molecule has 1 aromatic heterocycles. The first kappa shape index (κ1) is 15.7. The number of thiazole rings is 1. The molecule has 5 rings (SSSR count). The molecular formula is C24H14N2S. The summed E-state index contributed by atoms with van der Waals surface area (Å²) in [6, 6.07) is 31.1. The van der Waals surface area contributed by atoms with Crippen molar-refractivity contribution < 1.29 is 0 Å². The number of hydrogen-bond donors (Lipinski definition) is 0. The van der Waals surface area contributed by atoms with E-state index in [9.17, 15) is 5.26 Å². The van der Waals surface area contributed by atoms with Crippen molar-refractivity contribution in [3.05, 3.63) is 90.5 Å². The largest absolute Gasteiger partial charge is 0.236 e. The van der Waals surface area contributed by atoms with E-state index in [0.717, 1.165) is 31.9 Å². The smallest absolute Gasteiger partial charge is 0.124 e. The van der Waals surface area contributed by atoms with Crippen LogP contribution in [0.5, 0.6) is 0 Å². The fraction of sp³-hybridized carbons (Fsp3) is 0. The molecule has 126 valence electrons. The first-order valence-corrected chi connectivity index (χ1v) is 9.52. The van der Waals surface area contributed by atoms with Gasteiger partial charge in [0.25, 0.3) is 0 Å². The van der Waals surface area contributed by atoms with E-state index in [0.29, 0.717) is 5.56 Å². The fourth-order valence-corrected chi connectivity index (χ4v) is 4.30. The zero-order valence-electron chi connectivity index (χ0n) is 14.4. The van der Waals surface area contributed by atoms with Crippen molar-refractivity contribution in [2.24, 2.45) is 0 Å². The molecule has 1 heterocycles. The van der Waals surface area contributed by atoms with Crippen molar-refractivity contribution in [3.63, 3.8) is 0 Å². The van der Waals surface area contributed by atoms with E-state index in [1.54, 1.807) is 11.3 Å². The summed E-state index contributed by atoms with van der Waals surface area (Å²) in [6.45, 7) is 0. The number of hydrogen-bond acceptors (Lipinski definition) is 3. The molecule has 0 atom stereocenters. The van der Waals surface area contributed by atoms with Gasteiger partial charge in [0.15, 0.2) is 0 Å². The molecule has 0 radical (unpaired) electrons. The zero-order chi connectivity index (χ0) is 18.2. The summed E-state index contributed by atoms with van der Waals surface area (Å²) >= 11 is 1.66. The van der Waals surface area contributed by atoms with Gasteiger partial charge in [-0.15, -0.1) is 11.3 Å². The molecular weight excluding hydrogens is 348 g/mol. The van der Waals surface area contributed by atoms with Crippen LogP contribution < -0.4 is 0 Å². The van der Waals surface area contributed by atoms with Gasteiger partial charge in [-0.05, 0) is 58.3 Å². The van der Waals surface area contributed by atoms with Crippen molar-refractivity contribution in [2.45, 2.75) is 0 Å². The summed E-state index contributed by atoms with van der Waals surface area (Å²) in [7, 11) is 0. The van der Waals surface area contributed by atoms with E-state index < -0.39 is 0 Å². The average Bonchev–Trinajstić information content (AvgIpc) is 3.17. The molecule has 2 nitrogen and oxygen atoms in total. The molecule has 0 saturated carbocycles. The van der Waals surface area contributed by atoms with Gasteiger partial charge in [0, 0.05) is 5.56 Å². The standard InChI is InChI=1S/C24H14N2S/c25-15-16-11-20(19-10-9-17-5-1-2-6-18(17)13-19)14-21(12-16)24-26-22-7-3-4-8-23(22)27-24/h1-14H. The SMILES string of the molecule is N#Cc1cc(-c2ccc3ccccc3c2)cc(-c2nc3ccccc3s2)c1. The van der Waals surface area contributed by atoms with Gasteiger partial charge in [-0.25, -0.2) is 4.98 Å². The number of fused-ring (bicyclic) bond motifs is 2. The molecule has 0 saturated heterocycles. The Labute approximate surface area is 161 Å². The van der Waals surface area contributed by atoms with Gasteiger partial charge in [-0.2, -0.15) is 5.26 Å². The lowest BCUT2D eigenvalue weighted by molar-refractivity contribution is 1.45. The summed E-state index contributed by atoms with van der Waals surface area (Å²) in [5, 5.41) is 12.9. The van der Waals surface area contributed by atoms with Gasteiger partial charge in [0.1, 0.15) is 5.01 Å². The first-order valence-electron chi connectivity index (χ1n) is 8.70. The lowest BCUT2D eigenvalue weighted by Crippen LogP contribution is -1.85. The highest BCUT2D eigenvalue weighted by atomic mass is 32.1. The van der Waals surface area contributed by atoms with E-state index in [1.165, 1.54) is 10.8 Å². The van der Waals surface area contributed by atoms with Crippen LogP contribution in [-0.4, -0.2) is 4.98 Å². The topological polar surface area (TPSA) is 36.7 Å². The van der Waals surface area contributed by atoms with Gasteiger partial charge in [0.2, 0.25) is 0 Å². The molecule has 27 heavy (non-hydrogen) atoms. The van der Waals surface area contributed by atoms with Gasteiger partial charge in [-0.1, -0.05) is 48.5 Å². The number of nitrogens with zero attached hydrogens (tertiary/aromatic N) is 2. The van der Waals surface area contributed by atoms with Crippen molar-refractivity contribution in [2.75, 3.05) is 0 Å². The monoisotopic (exact) mass is 362 g/mol. The molecule has 0 amide bonds. The van der Waals surface area contributed by atoms with E-state index in [4.69, 9.17) is 4.98 Å². The van der Waals surface area contributed by atoms with Crippen LogP contribution >= 0.6 is 11.3 Å². The summed E-state index contributed by atoms with van der Waals surface area (Å²) in [5.41, 5.74) is 4.77. The van der Waals surface area contributed by atoms with Crippen molar-refractivity contribution >= 4 is 32.3 Å². The third-order valence-electron chi connectivity index (χ3n) is 4.69. The maximum atomic E-state index is 9.52. The minimum absolute atomic E-state index is 0.648. The van der Waals surface area contributed by atoms with Crippen LogP contribution in [0.15, 0.2) is 84.9 Å². The lowest BCUT2D eigenvalue weighted by atomic mass is 9.98. The molecule has 0 aliphatic heterocycles. The zero-order valence-corrected chi connectivity index (χ0v) is 15.2. The van der Waals surface area contributed by atoms with E-state index in [2.05, 4.69) is 48.5 Å². The van der Waals surface area contributed by atoms with Crippen molar-refractivity contribution in [3.8, 4) is 27.8 Å². The Hall–Kier alpha value is -3.48. The Bertz CT molecular complexity index is 1310. The summed E-state index contributed by atoms with van der Waals surface area (Å²) < 4.78 is 1.15. The van der Waals surface area contributed by atoms with Crippen LogP contribution in [0.25, 0.3) is 42.7 Å². The van der Waals surface area contributed by atoms with Crippen LogP contribution in [0.1, 0.15) is 5.56 Å². The maximum Gasteiger partial charge on any atom is 0.124 e. The average molecular weight is 362 g/mol. The number of nitriles is 1. The van der Waals surface area contributed by atoms with Crippen molar-refractivity contribution in [1.82, 2.24) is 4.98 Å². The van der Waals surface area contributed by atoms with E-state index in [1.807, 2.05) is 42.5 Å². The molecule has 0 aliphatic rings. The number of para-hydroxylation sites is 1. The van der Waals surface area contributed by atoms with Crippen LogP contribution in [0, 0.1) is 11.3 Å². The predicted octanol–water partition coefficient (Wildman–Crippen LogP) is 6.66. The quantitative estimate of drug-likeness (QED) is 0.352. The highest BCUT2D eigenvalue weighted by molar-refractivity contribution is 7.21. The Kier molecular flexibility index (Phi) is 3.71. The number of rotatable bonds is 2. The first-order chi connectivity index (χ1) is 13.3. The molecule has 0 bridgehead atoms. The van der Waals surface area contributed by atoms with E-state index in [-0.39, 0.29) is 0 Å². The van der Waals surface area contributed by atoms with E-state index >= 15 is 0 Å². The minimum Gasteiger partial charge on any atom is -0.236 e. The highest BCUT2D eigenvalue weighted by Gasteiger charge is 2.10. The van der Waals surface area contributed by atoms with Gasteiger partial charge in [-0.3, -0.25) is 0 Å². The fourth-order valence-electron chi connectivity index (χ4n) is 3.35. The van der Waals surface area contributed by atoms with Gasteiger partial charge in [0.05, 0.1) is 21.8 Å². The Morgan fingerprint density at radius 1 is 0.704 bits per heavy atom. The second-order valence-corrected chi connectivity index (χ2v) is 7.49. The number of benzene rings is 4. The highest BCUT2D eigenvalue weighted by Crippen LogP contribution is 2.34. The predicted molar refractivity (Wildman–Crippen MR) is 113 cm³/mol. The van der Waals surface area contributed by atoms with Gasteiger partial charge < -0.3 is 0 Å². The van der Waals surface area contributed by atoms with Gasteiger partial charge >= 0.3 is 0 Å². The summed E-state index contributed by atoms with van der Waals surface area (Å²) in [6.07, 6.45) is 0.